The fourth-order valence-corrected chi connectivity index (χ4v) is 4.20. The molecule has 2 fully saturated rings. The van der Waals surface area contributed by atoms with Crippen molar-refractivity contribution in [2.75, 3.05) is 31.1 Å². The average Bonchev–Trinajstić information content (AvgIpc) is 3.32. The zero-order valence-corrected chi connectivity index (χ0v) is 12.4. The molecule has 0 amide bonds. The molecule has 6 nitrogen and oxygen atoms in total. The third-order valence-corrected chi connectivity index (χ3v) is 6.16. The number of hydrogen-bond acceptors (Lipinski definition) is 5. The van der Waals surface area contributed by atoms with Crippen LogP contribution in [0.2, 0.25) is 0 Å². The number of anilines is 1. The Bertz CT molecular complexity index is 653. The zero-order chi connectivity index (χ0) is 16.0. The minimum Gasteiger partial charge on any atom is -0.338 e. The molecule has 22 heavy (non-hydrogen) atoms. The molecule has 3 rings (SSSR count). The maximum atomic E-state index is 12.7. The Morgan fingerprint density at radius 2 is 1.77 bits per heavy atom. The van der Waals surface area contributed by atoms with Gasteiger partial charge >= 0.3 is 6.18 Å². The second kappa shape index (κ2) is 5.34. The maximum absolute atomic E-state index is 12.7. The lowest BCUT2D eigenvalue weighted by Crippen LogP contribution is -2.50. The lowest BCUT2D eigenvalue weighted by Gasteiger charge is -2.34. The molecule has 0 spiro atoms. The van der Waals surface area contributed by atoms with Crippen molar-refractivity contribution in [2.24, 2.45) is 0 Å². The summed E-state index contributed by atoms with van der Waals surface area (Å²) in [6, 6.07) is 0.817. The molecule has 2 aliphatic rings. The van der Waals surface area contributed by atoms with Gasteiger partial charge in [0.2, 0.25) is 16.0 Å². The second-order valence-corrected chi connectivity index (χ2v) is 7.58. The van der Waals surface area contributed by atoms with Crippen molar-refractivity contribution >= 4 is 16.0 Å². The first kappa shape index (κ1) is 15.5. The van der Waals surface area contributed by atoms with E-state index in [4.69, 9.17) is 0 Å². The first-order chi connectivity index (χ1) is 10.3. The van der Waals surface area contributed by atoms with Crippen molar-refractivity contribution in [3.63, 3.8) is 0 Å². The summed E-state index contributed by atoms with van der Waals surface area (Å²) < 4.78 is 63.6. The Hall–Kier alpha value is -1.42. The van der Waals surface area contributed by atoms with E-state index in [0.29, 0.717) is 12.8 Å². The monoisotopic (exact) mass is 336 g/mol. The molecule has 0 N–H and O–H groups in total. The summed E-state index contributed by atoms with van der Waals surface area (Å²) in [5.74, 6) is -0.0155. The van der Waals surface area contributed by atoms with Crippen molar-refractivity contribution in [3.05, 3.63) is 18.0 Å². The molecule has 10 heteroatoms. The first-order valence-corrected chi connectivity index (χ1v) is 8.43. The maximum Gasteiger partial charge on any atom is 0.433 e. The van der Waals surface area contributed by atoms with E-state index in [2.05, 4.69) is 9.97 Å². The predicted octanol–water partition coefficient (Wildman–Crippen LogP) is 1.11. The number of alkyl halides is 3. The smallest absolute Gasteiger partial charge is 0.338 e. The number of hydrogen-bond donors (Lipinski definition) is 0. The Kier molecular flexibility index (Phi) is 3.76. The molecule has 2 heterocycles. The second-order valence-electron chi connectivity index (χ2n) is 5.37. The molecule has 122 valence electrons. The van der Waals surface area contributed by atoms with Crippen LogP contribution in [0.1, 0.15) is 18.5 Å². The lowest BCUT2D eigenvalue weighted by molar-refractivity contribution is -0.141. The summed E-state index contributed by atoms with van der Waals surface area (Å²) in [7, 11) is -3.24. The first-order valence-electron chi connectivity index (χ1n) is 6.92. The highest BCUT2D eigenvalue weighted by molar-refractivity contribution is 7.90. The van der Waals surface area contributed by atoms with Crippen molar-refractivity contribution in [2.45, 2.75) is 24.3 Å². The number of sulfonamides is 1. The molecule has 0 aromatic carbocycles. The Labute approximate surface area is 126 Å². The van der Waals surface area contributed by atoms with Gasteiger partial charge in [-0.15, -0.1) is 0 Å². The van der Waals surface area contributed by atoms with Gasteiger partial charge in [-0.1, -0.05) is 0 Å². The van der Waals surface area contributed by atoms with Crippen LogP contribution in [-0.2, 0) is 16.2 Å². The van der Waals surface area contributed by atoms with Crippen LogP contribution < -0.4 is 4.90 Å². The van der Waals surface area contributed by atoms with Crippen molar-refractivity contribution < 1.29 is 21.6 Å². The van der Waals surface area contributed by atoms with Crippen LogP contribution in [0.3, 0.4) is 0 Å². The number of aromatic nitrogens is 2. The van der Waals surface area contributed by atoms with E-state index in [-0.39, 0.29) is 37.4 Å². The Balaban J connectivity index is 1.69. The van der Waals surface area contributed by atoms with Gasteiger partial charge in [-0.2, -0.15) is 17.5 Å². The molecule has 1 saturated heterocycles. The summed E-state index contributed by atoms with van der Waals surface area (Å²) in [5, 5.41) is -0.274. The Morgan fingerprint density at radius 1 is 1.14 bits per heavy atom. The van der Waals surface area contributed by atoms with Gasteiger partial charge in [-0.25, -0.2) is 18.4 Å². The van der Waals surface area contributed by atoms with E-state index in [1.165, 1.54) is 4.31 Å². The molecule has 1 aliphatic carbocycles. The van der Waals surface area contributed by atoms with Gasteiger partial charge in [0.25, 0.3) is 0 Å². The zero-order valence-electron chi connectivity index (χ0n) is 11.6. The summed E-state index contributed by atoms with van der Waals surface area (Å²) in [4.78, 5) is 8.96. The third-order valence-electron chi connectivity index (χ3n) is 3.76. The third kappa shape index (κ3) is 3.02. The molecule has 1 aliphatic heterocycles. The van der Waals surface area contributed by atoms with Crippen LogP contribution in [0.5, 0.6) is 0 Å². The van der Waals surface area contributed by atoms with Crippen LogP contribution in [0, 0.1) is 0 Å². The lowest BCUT2D eigenvalue weighted by atomic mass is 10.3. The average molecular weight is 336 g/mol. The summed E-state index contributed by atoms with van der Waals surface area (Å²) in [6.45, 7) is 1.07. The van der Waals surface area contributed by atoms with Crippen LogP contribution in [-0.4, -0.2) is 54.1 Å². The molecular weight excluding hydrogens is 321 g/mol. The van der Waals surface area contributed by atoms with Crippen molar-refractivity contribution in [1.82, 2.24) is 14.3 Å². The minimum atomic E-state index is -4.52. The van der Waals surface area contributed by atoms with Gasteiger partial charge in [-0.05, 0) is 18.9 Å². The topological polar surface area (TPSA) is 66.4 Å². The van der Waals surface area contributed by atoms with E-state index in [0.717, 1.165) is 12.3 Å². The molecule has 0 radical (unpaired) electrons. The highest BCUT2D eigenvalue weighted by atomic mass is 32.2. The minimum absolute atomic E-state index is 0.0155. The van der Waals surface area contributed by atoms with Crippen LogP contribution in [0.4, 0.5) is 19.1 Å². The number of halogens is 3. The standard InChI is InChI=1S/C12H15F3N4O2S/c13-12(14,15)10-3-4-16-11(17-10)18-5-7-19(8-6-18)22(20,21)9-1-2-9/h3-4,9H,1-2,5-8H2. The van der Waals surface area contributed by atoms with E-state index in [1.54, 1.807) is 4.90 Å². The van der Waals surface area contributed by atoms with Crippen LogP contribution >= 0.6 is 0 Å². The molecule has 0 bridgehead atoms. The summed E-state index contributed by atoms with van der Waals surface area (Å²) in [6.07, 6.45) is -2.06. The van der Waals surface area contributed by atoms with E-state index < -0.39 is 21.9 Å². The molecule has 1 aromatic rings. The fraction of sp³-hybridized carbons (Fsp3) is 0.667. The predicted molar refractivity (Wildman–Crippen MR) is 72.8 cm³/mol. The quantitative estimate of drug-likeness (QED) is 0.827. The molecule has 0 atom stereocenters. The number of piperazine rings is 1. The highest BCUT2D eigenvalue weighted by Crippen LogP contribution is 2.32. The van der Waals surface area contributed by atoms with E-state index in [9.17, 15) is 21.6 Å². The van der Waals surface area contributed by atoms with Crippen LogP contribution in [0.15, 0.2) is 12.3 Å². The van der Waals surface area contributed by atoms with Gasteiger partial charge in [0, 0.05) is 32.4 Å². The molecule has 1 aromatic heterocycles. The van der Waals surface area contributed by atoms with Gasteiger partial charge in [0.15, 0.2) is 0 Å². The number of nitrogens with zero attached hydrogens (tertiary/aromatic N) is 4. The SMILES string of the molecule is O=S(=O)(C1CC1)N1CCN(c2nccc(C(F)(F)F)n2)CC1. The van der Waals surface area contributed by atoms with Crippen molar-refractivity contribution in [1.29, 1.82) is 0 Å². The van der Waals surface area contributed by atoms with Crippen LogP contribution in [0.25, 0.3) is 0 Å². The van der Waals surface area contributed by atoms with E-state index in [1.807, 2.05) is 0 Å². The van der Waals surface area contributed by atoms with Crippen molar-refractivity contribution in [3.8, 4) is 0 Å². The number of rotatable bonds is 3. The highest BCUT2D eigenvalue weighted by Gasteiger charge is 2.41. The van der Waals surface area contributed by atoms with Gasteiger partial charge in [0.1, 0.15) is 5.69 Å². The molecule has 0 unspecified atom stereocenters. The Morgan fingerprint density at radius 3 is 2.32 bits per heavy atom. The summed E-state index contributed by atoms with van der Waals surface area (Å²) in [5.41, 5.74) is -0.995. The van der Waals surface area contributed by atoms with Gasteiger partial charge < -0.3 is 4.90 Å². The fourth-order valence-electron chi connectivity index (χ4n) is 2.38. The van der Waals surface area contributed by atoms with Gasteiger partial charge in [-0.3, -0.25) is 0 Å². The van der Waals surface area contributed by atoms with E-state index >= 15 is 0 Å². The summed E-state index contributed by atoms with van der Waals surface area (Å²) >= 11 is 0. The van der Waals surface area contributed by atoms with Gasteiger partial charge in [0.05, 0.1) is 5.25 Å². The normalized spacial score (nSPS) is 21.1. The largest absolute Gasteiger partial charge is 0.433 e. The molecule has 1 saturated carbocycles. The molecular formula is C12H15F3N4O2S.